The van der Waals surface area contributed by atoms with Gasteiger partial charge in [0.2, 0.25) is 0 Å². The van der Waals surface area contributed by atoms with Crippen molar-refractivity contribution in [3.8, 4) is 5.75 Å². The number of alkyl halides is 10. The lowest BCUT2D eigenvalue weighted by molar-refractivity contribution is -0.396. The molecule has 0 spiro atoms. The molecule has 7 atom stereocenters. The van der Waals surface area contributed by atoms with Crippen LogP contribution in [0.4, 0.5) is 43.9 Å². The highest BCUT2D eigenvalue weighted by Crippen LogP contribution is 2.63. The van der Waals surface area contributed by atoms with Crippen LogP contribution in [-0.4, -0.2) is 71.5 Å². The zero-order chi connectivity index (χ0) is 35.0. The van der Waals surface area contributed by atoms with Crippen LogP contribution in [0.3, 0.4) is 0 Å². The Bertz CT molecular complexity index is 1190. The second-order valence-electron chi connectivity index (χ2n) is 14.5. The molecule has 0 aromatic heterocycles. The van der Waals surface area contributed by atoms with Gasteiger partial charge in [-0.25, -0.2) is 4.39 Å². The van der Waals surface area contributed by atoms with Crippen LogP contribution in [0.15, 0.2) is 18.2 Å². The molecule has 3 nitrogen and oxygen atoms in total. The Morgan fingerprint density at radius 1 is 0.851 bits per heavy atom. The second-order valence-corrected chi connectivity index (χ2v) is 14.5. The molecule has 0 bridgehead atoms. The molecule has 3 aliphatic rings. The van der Waals surface area contributed by atoms with E-state index in [2.05, 4.69) is 0 Å². The summed E-state index contributed by atoms with van der Waals surface area (Å²) in [5.41, 5.74) is 1.54. The molecule has 47 heavy (non-hydrogen) atoms. The van der Waals surface area contributed by atoms with E-state index in [4.69, 9.17) is 0 Å². The number of halogens is 10. The number of aromatic hydroxyl groups is 1. The molecule has 0 amide bonds. The number of hydrogen-bond acceptors (Lipinski definition) is 3. The summed E-state index contributed by atoms with van der Waals surface area (Å²) in [5, 5.41) is 20.9. The van der Waals surface area contributed by atoms with Gasteiger partial charge in [0, 0.05) is 12.3 Å². The van der Waals surface area contributed by atoms with E-state index in [1.54, 1.807) is 12.1 Å². The summed E-state index contributed by atoms with van der Waals surface area (Å²) in [7, 11) is 1.87. The Hall–Kier alpha value is -1.76. The average molecular weight is 692 g/mol. The fourth-order valence-corrected chi connectivity index (χ4v) is 8.76. The van der Waals surface area contributed by atoms with Crippen LogP contribution in [0, 0.1) is 23.2 Å². The Kier molecular flexibility index (Phi) is 11.5. The quantitative estimate of drug-likeness (QED) is 0.142. The van der Waals surface area contributed by atoms with Gasteiger partial charge in [-0.05, 0) is 118 Å². The number of aliphatic hydroxyl groups excluding tert-OH is 1. The number of phenolic OH excluding ortho intramolecular Hbond substituents is 1. The molecule has 3 aliphatic carbocycles. The molecule has 1 aromatic carbocycles. The van der Waals surface area contributed by atoms with E-state index in [0.717, 1.165) is 56.2 Å². The van der Waals surface area contributed by atoms with Gasteiger partial charge in [-0.1, -0.05) is 38.7 Å². The molecular weight excluding hydrogens is 644 g/mol. The minimum atomic E-state index is -6.84. The van der Waals surface area contributed by atoms with Crippen molar-refractivity contribution < 1.29 is 54.1 Å². The predicted molar refractivity (Wildman–Crippen MR) is 158 cm³/mol. The number of hydrogen-bond donors (Lipinski definition) is 2. The lowest BCUT2D eigenvalue weighted by Gasteiger charge is -2.54. The highest BCUT2D eigenvalue weighted by molar-refractivity contribution is 5.41. The van der Waals surface area contributed by atoms with Crippen molar-refractivity contribution in [1.82, 2.24) is 4.90 Å². The fourth-order valence-electron chi connectivity index (χ4n) is 8.76. The van der Waals surface area contributed by atoms with Gasteiger partial charge >= 0.3 is 23.9 Å². The number of rotatable bonds is 15. The number of unbranched alkanes of at least 4 members (excludes halogenated alkanes) is 5. The zero-order valence-corrected chi connectivity index (χ0v) is 26.9. The third kappa shape index (κ3) is 7.55. The van der Waals surface area contributed by atoms with Crippen LogP contribution in [-0.2, 0) is 6.42 Å². The van der Waals surface area contributed by atoms with Crippen LogP contribution in [0.5, 0.6) is 5.75 Å². The molecule has 0 saturated heterocycles. The van der Waals surface area contributed by atoms with Crippen molar-refractivity contribution in [1.29, 1.82) is 0 Å². The molecule has 1 unspecified atom stereocenters. The van der Waals surface area contributed by atoms with Gasteiger partial charge < -0.3 is 15.1 Å². The molecule has 1 aromatic rings. The van der Waals surface area contributed by atoms with Crippen molar-refractivity contribution in [2.75, 3.05) is 20.1 Å². The van der Waals surface area contributed by atoms with Crippen molar-refractivity contribution in [2.24, 2.45) is 23.2 Å². The van der Waals surface area contributed by atoms with Crippen LogP contribution in [0.25, 0.3) is 0 Å². The third-order valence-electron chi connectivity index (χ3n) is 11.4. The number of phenols is 1. The highest BCUT2D eigenvalue weighted by Gasteiger charge is 2.81. The van der Waals surface area contributed by atoms with E-state index in [1.807, 2.05) is 24.9 Å². The van der Waals surface area contributed by atoms with Gasteiger partial charge in [-0.3, -0.25) is 0 Å². The molecular formula is C34H47F10NO2. The average Bonchev–Trinajstić information content (AvgIpc) is 3.26. The molecule has 2 fully saturated rings. The second kappa shape index (κ2) is 14.2. The van der Waals surface area contributed by atoms with Gasteiger partial charge in [-0.2, -0.15) is 39.5 Å². The summed E-state index contributed by atoms with van der Waals surface area (Å²) < 4.78 is 133. The molecule has 2 N–H and O–H groups in total. The Morgan fingerprint density at radius 2 is 1.47 bits per heavy atom. The smallest absolute Gasteiger partial charge is 0.460 e. The Labute approximate surface area is 270 Å². The van der Waals surface area contributed by atoms with Crippen LogP contribution < -0.4 is 0 Å². The molecule has 0 aliphatic heterocycles. The number of nitrogens with zero attached hydrogens (tertiary/aromatic N) is 1. The van der Waals surface area contributed by atoms with Crippen LogP contribution in [0.1, 0.15) is 101 Å². The zero-order valence-electron chi connectivity index (χ0n) is 26.9. The third-order valence-corrected chi connectivity index (χ3v) is 11.4. The van der Waals surface area contributed by atoms with Gasteiger partial charge in [-0.15, -0.1) is 0 Å². The van der Waals surface area contributed by atoms with Crippen molar-refractivity contribution in [3.63, 3.8) is 0 Å². The largest absolute Gasteiger partial charge is 0.508 e. The minimum Gasteiger partial charge on any atom is -0.508 e. The first-order chi connectivity index (χ1) is 21.7. The summed E-state index contributed by atoms with van der Waals surface area (Å²) in [6.07, 6.45) is -3.67. The van der Waals surface area contributed by atoms with Crippen LogP contribution >= 0.6 is 0 Å². The van der Waals surface area contributed by atoms with E-state index in [1.165, 1.54) is 0 Å². The standard InChI is InChI=1S/C34H47F10NO2/c1-30-20-26(35)29-24-12-11-23(46)19-22(24)18-21(28(29)25(30)13-14-27(30)47)10-6-5-9-17-45(2)16-8-4-3-7-15-31(36,37)32(38,39)33(40,41)34(42,43)44/h11-12,19,21,25-29,46-47H,3-10,13-18,20H2,1-2H3/t21?,25-,26-,27-,28-,29-,30-/m0/s1. The lowest BCUT2D eigenvalue weighted by Crippen LogP contribution is -2.60. The van der Waals surface area contributed by atoms with Crippen molar-refractivity contribution in [3.05, 3.63) is 29.3 Å². The van der Waals surface area contributed by atoms with Gasteiger partial charge in [0.1, 0.15) is 11.9 Å². The van der Waals surface area contributed by atoms with E-state index in [-0.39, 0.29) is 35.8 Å². The monoisotopic (exact) mass is 691 g/mol. The fraction of sp³-hybridized carbons (Fsp3) is 0.824. The van der Waals surface area contributed by atoms with E-state index >= 15 is 4.39 Å². The summed E-state index contributed by atoms with van der Waals surface area (Å²) in [5.74, 6) is -18.4. The van der Waals surface area contributed by atoms with Gasteiger partial charge in [0.15, 0.2) is 0 Å². The van der Waals surface area contributed by atoms with E-state index in [0.29, 0.717) is 32.2 Å². The first-order valence-electron chi connectivity index (χ1n) is 16.8. The molecule has 0 radical (unpaired) electrons. The molecule has 0 heterocycles. The first kappa shape index (κ1) is 38.0. The molecule has 270 valence electrons. The Morgan fingerprint density at radius 3 is 2.11 bits per heavy atom. The van der Waals surface area contributed by atoms with Gasteiger partial charge in [0.25, 0.3) is 0 Å². The molecule has 13 heteroatoms. The summed E-state index contributed by atoms with van der Waals surface area (Å²) in [6.45, 7) is 3.35. The van der Waals surface area contributed by atoms with Crippen molar-refractivity contribution in [2.45, 2.75) is 133 Å². The first-order valence-corrected chi connectivity index (χ1v) is 16.8. The summed E-state index contributed by atoms with van der Waals surface area (Å²) in [4.78, 5) is 2.03. The summed E-state index contributed by atoms with van der Waals surface area (Å²) in [6, 6.07) is 5.25. The topological polar surface area (TPSA) is 43.7 Å². The number of aliphatic hydroxyl groups is 1. The maximum absolute atomic E-state index is 15.9. The SMILES string of the molecule is CN(CCCCCCC(F)(F)C(F)(F)C(F)(F)C(F)(F)F)CCCCCC1Cc2cc(O)ccc2[C@@H]2[C@@H]1[C@@H]1CC[C@H](O)[C@@]1(C)C[C@@H]2F. The maximum atomic E-state index is 15.9. The number of fused-ring (bicyclic) bond motifs is 5. The normalized spacial score (nSPS) is 29.9. The van der Waals surface area contributed by atoms with E-state index < -0.39 is 54.5 Å². The van der Waals surface area contributed by atoms with E-state index in [9.17, 15) is 49.7 Å². The number of benzene rings is 1. The molecule has 2 saturated carbocycles. The predicted octanol–water partition coefficient (Wildman–Crippen LogP) is 9.69. The summed E-state index contributed by atoms with van der Waals surface area (Å²) >= 11 is 0. The van der Waals surface area contributed by atoms with Crippen LogP contribution in [0.2, 0.25) is 0 Å². The van der Waals surface area contributed by atoms with Crippen molar-refractivity contribution >= 4 is 0 Å². The minimum absolute atomic E-state index is 0.0155. The highest BCUT2D eigenvalue weighted by atomic mass is 19.4. The maximum Gasteiger partial charge on any atom is 0.460 e. The Balaban J connectivity index is 1.19. The van der Waals surface area contributed by atoms with Gasteiger partial charge in [0.05, 0.1) is 6.10 Å². The lowest BCUT2D eigenvalue weighted by atomic mass is 9.51. The molecule has 4 rings (SSSR count).